The summed E-state index contributed by atoms with van der Waals surface area (Å²) in [5, 5.41) is 3.38. The van der Waals surface area contributed by atoms with Crippen LogP contribution in [0.4, 0.5) is 0 Å². The molecule has 1 aliphatic heterocycles. The van der Waals surface area contributed by atoms with E-state index in [4.69, 9.17) is 14.2 Å². The van der Waals surface area contributed by atoms with Crippen molar-refractivity contribution in [2.24, 2.45) is 0 Å². The lowest BCUT2D eigenvalue weighted by Crippen LogP contribution is -2.47. The van der Waals surface area contributed by atoms with Gasteiger partial charge < -0.3 is 19.5 Å². The first-order chi connectivity index (χ1) is 10.2. The van der Waals surface area contributed by atoms with Crippen LogP contribution in [0, 0.1) is 0 Å². The van der Waals surface area contributed by atoms with Crippen molar-refractivity contribution in [3.8, 4) is 11.5 Å². The molecule has 0 bridgehead atoms. The average molecular weight is 294 g/mol. The summed E-state index contributed by atoms with van der Waals surface area (Å²) >= 11 is 0. The lowest BCUT2D eigenvalue weighted by atomic mass is 9.97. The fraction of sp³-hybridized carbons (Fsp3) is 0.625. The highest BCUT2D eigenvalue weighted by Gasteiger charge is 2.31. The number of morpholine rings is 1. The quantitative estimate of drug-likeness (QED) is 0.865. The number of hydrogen-bond donors (Lipinski definition) is 1. The predicted molar refractivity (Wildman–Crippen MR) is 83.2 cm³/mol. The van der Waals surface area contributed by atoms with Crippen LogP contribution in [0.25, 0.3) is 0 Å². The summed E-state index contributed by atoms with van der Waals surface area (Å²) in [6.45, 7) is 5.61. The Balaban J connectivity index is 2.26. The highest BCUT2D eigenvalue weighted by atomic mass is 16.5. The van der Waals surface area contributed by atoms with E-state index >= 15 is 0 Å². The molecule has 0 amide bonds. The Bertz CT molecular complexity index is 453. The van der Waals surface area contributed by atoms with Crippen molar-refractivity contribution < 1.29 is 14.2 Å². The minimum absolute atomic E-state index is 0.141. The summed E-state index contributed by atoms with van der Waals surface area (Å²) in [4.78, 5) is 2.34. The van der Waals surface area contributed by atoms with Crippen LogP contribution in [0.3, 0.4) is 0 Å². The minimum atomic E-state index is 0.141. The van der Waals surface area contributed by atoms with Crippen molar-refractivity contribution in [1.29, 1.82) is 0 Å². The predicted octanol–water partition coefficient (Wildman–Crippen LogP) is 1.68. The van der Waals surface area contributed by atoms with E-state index in [2.05, 4.69) is 30.3 Å². The lowest BCUT2D eigenvalue weighted by Gasteiger charge is -2.39. The Kier molecular flexibility index (Phi) is 5.85. The topological polar surface area (TPSA) is 43.0 Å². The molecule has 1 N–H and O–H groups in total. The fourth-order valence-electron chi connectivity index (χ4n) is 2.83. The maximum absolute atomic E-state index is 5.97. The smallest absolute Gasteiger partial charge is 0.161 e. The largest absolute Gasteiger partial charge is 0.493 e. The normalized spacial score (nSPS) is 23.0. The number of benzene rings is 1. The summed E-state index contributed by atoms with van der Waals surface area (Å²) in [5.41, 5.74) is 1.19. The Morgan fingerprint density at radius 1 is 1.29 bits per heavy atom. The third kappa shape index (κ3) is 3.67. The van der Waals surface area contributed by atoms with Crippen LogP contribution in [-0.2, 0) is 4.74 Å². The molecule has 2 atom stereocenters. The number of likely N-dealkylation sites (N-methyl/N-ethyl adjacent to an activating group) is 2. The first kappa shape index (κ1) is 16.1. The maximum Gasteiger partial charge on any atom is 0.161 e. The highest BCUT2D eigenvalue weighted by Crippen LogP contribution is 2.34. The van der Waals surface area contributed by atoms with Gasteiger partial charge in [-0.3, -0.25) is 4.90 Å². The number of hydrogen-bond acceptors (Lipinski definition) is 5. The maximum atomic E-state index is 5.97. The molecule has 2 unspecified atom stereocenters. The summed E-state index contributed by atoms with van der Waals surface area (Å²) in [6.07, 6.45) is 0.141. The third-order valence-corrected chi connectivity index (χ3v) is 3.95. The first-order valence-electron chi connectivity index (χ1n) is 7.45. The average Bonchev–Trinajstić information content (AvgIpc) is 2.52. The van der Waals surface area contributed by atoms with Crippen molar-refractivity contribution in [3.05, 3.63) is 23.8 Å². The van der Waals surface area contributed by atoms with Gasteiger partial charge in [-0.05, 0) is 31.3 Å². The van der Waals surface area contributed by atoms with E-state index in [1.165, 1.54) is 5.56 Å². The molecule has 5 heteroatoms. The zero-order chi connectivity index (χ0) is 15.2. The Labute approximate surface area is 127 Å². The van der Waals surface area contributed by atoms with Crippen LogP contribution in [-0.4, -0.2) is 58.5 Å². The van der Waals surface area contributed by atoms with Crippen molar-refractivity contribution in [2.45, 2.75) is 19.1 Å². The van der Waals surface area contributed by atoms with Gasteiger partial charge >= 0.3 is 0 Å². The first-order valence-corrected chi connectivity index (χ1v) is 7.45. The lowest BCUT2D eigenvalue weighted by molar-refractivity contribution is -0.0612. The van der Waals surface area contributed by atoms with Crippen LogP contribution in [0.2, 0.25) is 0 Å². The zero-order valence-corrected chi connectivity index (χ0v) is 13.4. The van der Waals surface area contributed by atoms with E-state index in [1.807, 2.05) is 12.1 Å². The van der Waals surface area contributed by atoms with Crippen molar-refractivity contribution >= 4 is 0 Å². The van der Waals surface area contributed by atoms with Gasteiger partial charge in [-0.15, -0.1) is 0 Å². The summed E-state index contributed by atoms with van der Waals surface area (Å²) in [7, 11) is 5.46. The molecule has 1 heterocycles. The van der Waals surface area contributed by atoms with Gasteiger partial charge in [0, 0.05) is 13.1 Å². The molecule has 0 aliphatic carbocycles. The summed E-state index contributed by atoms with van der Waals surface area (Å²) in [6, 6.07) is 6.32. The van der Waals surface area contributed by atoms with E-state index in [-0.39, 0.29) is 12.1 Å². The molecule has 1 fully saturated rings. The molecule has 1 aromatic rings. The molecule has 21 heavy (non-hydrogen) atoms. The van der Waals surface area contributed by atoms with Crippen LogP contribution in [0.15, 0.2) is 18.2 Å². The van der Waals surface area contributed by atoms with Crippen LogP contribution in [0.5, 0.6) is 11.5 Å². The number of nitrogens with zero attached hydrogens (tertiary/aromatic N) is 1. The molecule has 0 spiro atoms. The molecule has 5 nitrogen and oxygen atoms in total. The van der Waals surface area contributed by atoms with Crippen molar-refractivity contribution in [1.82, 2.24) is 10.2 Å². The van der Waals surface area contributed by atoms with E-state index in [0.717, 1.165) is 37.7 Å². The van der Waals surface area contributed by atoms with Gasteiger partial charge in [0.05, 0.1) is 33.0 Å². The number of methoxy groups -OCH3 is 2. The zero-order valence-electron chi connectivity index (χ0n) is 13.4. The van der Waals surface area contributed by atoms with Gasteiger partial charge in [0.2, 0.25) is 0 Å². The Hall–Kier alpha value is -1.30. The Morgan fingerprint density at radius 2 is 2.05 bits per heavy atom. The van der Waals surface area contributed by atoms with Crippen LogP contribution in [0.1, 0.15) is 18.5 Å². The van der Waals surface area contributed by atoms with Crippen LogP contribution < -0.4 is 14.8 Å². The molecule has 118 valence electrons. The fourth-order valence-corrected chi connectivity index (χ4v) is 2.83. The number of nitrogens with one attached hydrogen (secondary N) is 1. The molecular weight excluding hydrogens is 268 g/mol. The molecule has 1 aliphatic rings. The minimum Gasteiger partial charge on any atom is -0.493 e. The van der Waals surface area contributed by atoms with Gasteiger partial charge in [-0.25, -0.2) is 0 Å². The van der Waals surface area contributed by atoms with Crippen LogP contribution >= 0.6 is 0 Å². The number of ether oxygens (including phenoxy) is 3. The monoisotopic (exact) mass is 294 g/mol. The van der Waals surface area contributed by atoms with Gasteiger partial charge in [0.25, 0.3) is 0 Å². The summed E-state index contributed by atoms with van der Waals surface area (Å²) < 4.78 is 16.7. The molecule has 1 aromatic carbocycles. The van der Waals surface area contributed by atoms with Gasteiger partial charge in [-0.2, -0.15) is 0 Å². The molecule has 0 saturated carbocycles. The Morgan fingerprint density at radius 3 is 2.71 bits per heavy atom. The second-order valence-corrected chi connectivity index (χ2v) is 5.26. The molecule has 0 radical (unpaired) electrons. The summed E-state index contributed by atoms with van der Waals surface area (Å²) in [5.74, 6) is 1.51. The molecule has 1 saturated heterocycles. The SMILES string of the molecule is CCNCC1OCCN(C)C1c1ccc(OC)c(OC)c1. The second kappa shape index (κ2) is 7.64. The van der Waals surface area contributed by atoms with Crippen molar-refractivity contribution in [2.75, 3.05) is 47.5 Å². The third-order valence-electron chi connectivity index (χ3n) is 3.95. The van der Waals surface area contributed by atoms with Gasteiger partial charge in [0.15, 0.2) is 11.5 Å². The van der Waals surface area contributed by atoms with Crippen molar-refractivity contribution in [3.63, 3.8) is 0 Å². The van der Waals surface area contributed by atoms with E-state index in [0.29, 0.717) is 0 Å². The standard InChI is InChI=1S/C16H26N2O3/c1-5-17-11-15-16(18(2)8-9-21-15)12-6-7-13(19-3)14(10-12)20-4/h6-7,10,15-17H,5,8-9,11H2,1-4H3. The number of rotatable bonds is 6. The molecule has 2 rings (SSSR count). The molecular formula is C16H26N2O3. The van der Waals surface area contributed by atoms with E-state index in [1.54, 1.807) is 14.2 Å². The van der Waals surface area contributed by atoms with E-state index in [9.17, 15) is 0 Å². The van der Waals surface area contributed by atoms with E-state index < -0.39 is 0 Å². The van der Waals surface area contributed by atoms with Gasteiger partial charge in [-0.1, -0.05) is 13.0 Å². The van der Waals surface area contributed by atoms with Gasteiger partial charge in [0.1, 0.15) is 0 Å². The molecule has 0 aromatic heterocycles. The highest BCUT2D eigenvalue weighted by molar-refractivity contribution is 5.44. The second-order valence-electron chi connectivity index (χ2n) is 5.26.